The molecule has 400 valence electrons. The summed E-state index contributed by atoms with van der Waals surface area (Å²) in [6.07, 6.45) is -1.29. The molecule has 0 rings (SSSR count). The van der Waals surface area contributed by atoms with Gasteiger partial charge in [0.2, 0.25) is 76.8 Å². The highest BCUT2D eigenvalue weighted by atomic mass is 16.4. The van der Waals surface area contributed by atoms with Crippen LogP contribution in [0, 0.1) is 0 Å². The number of aliphatic carboxylic acids is 1. The van der Waals surface area contributed by atoms with Gasteiger partial charge in [-0.1, -0.05) is 0 Å². The molecule has 0 aliphatic carbocycles. The van der Waals surface area contributed by atoms with Crippen LogP contribution in [0.25, 0.3) is 0 Å². The standard InChI is InChI=1S/C36H60N14O21/c1-14(28(62)40-6-26(60)44-16(36(70)71)2-3-23(38)57)43-25(59)5-41-30(64)17(8-51)47-32(66)19(10-53)45-27(61)7-42-31(65)18(9-52)48-34(68)21(12-55)50-35(69)22(13-56)49-33(67)20(11-54)46-29(63)15(37)4-24(39)58/h14-22,51-56H,2-13,37H2,1H3,(H2,38,57)(H2,39,58)(H,40,62)(H,41,64)(H,42,65)(H,43,59)(H,44,60)(H,45,61)(H,46,63)(H,47,66)(H,48,68)(H,49,67)(H,50,69)(H,70,71)/t14-,15-,16-,17-,18-,19-,20-,21-,22-/m0/s1. The summed E-state index contributed by atoms with van der Waals surface area (Å²) in [7, 11) is 0. The third-order valence-corrected chi connectivity index (χ3v) is 9.02. The molecule has 0 fully saturated rings. The van der Waals surface area contributed by atoms with Crippen LogP contribution in [0.3, 0.4) is 0 Å². The molecule has 35 nitrogen and oxygen atoms in total. The van der Waals surface area contributed by atoms with Gasteiger partial charge in [0, 0.05) is 6.42 Å². The zero-order valence-corrected chi connectivity index (χ0v) is 37.8. The zero-order chi connectivity index (χ0) is 54.5. The van der Waals surface area contributed by atoms with E-state index in [1.807, 2.05) is 42.5 Å². The maximum Gasteiger partial charge on any atom is 0.326 e. The third kappa shape index (κ3) is 24.4. The average molecular weight is 1020 g/mol. The molecule has 35 heteroatoms. The molecule has 0 saturated heterocycles. The number of nitrogens with two attached hydrogens (primary N) is 3. The summed E-state index contributed by atoms with van der Waals surface area (Å²) in [6.45, 7) is -8.14. The van der Waals surface area contributed by atoms with E-state index in [9.17, 15) is 97.8 Å². The van der Waals surface area contributed by atoms with Gasteiger partial charge in [-0.25, -0.2) is 4.79 Å². The molecule has 0 radical (unpaired) electrons. The normalized spacial score (nSPS) is 14.5. The molecule has 0 unspecified atom stereocenters. The lowest BCUT2D eigenvalue weighted by Gasteiger charge is -2.24. The summed E-state index contributed by atoms with van der Waals surface area (Å²) in [6, 6.07) is -15.4. The van der Waals surface area contributed by atoms with Gasteiger partial charge in [-0.15, -0.1) is 0 Å². The Morgan fingerprint density at radius 3 is 1.01 bits per heavy atom. The zero-order valence-electron chi connectivity index (χ0n) is 37.8. The molecular formula is C36H60N14O21. The molecule has 0 aromatic rings. The van der Waals surface area contributed by atoms with E-state index in [1.54, 1.807) is 0 Å². The molecule has 0 aliphatic heterocycles. The number of amides is 13. The number of carbonyl (C=O) groups is 14. The minimum absolute atomic E-state index is 0.320. The molecule has 13 amide bonds. The van der Waals surface area contributed by atoms with Crippen LogP contribution in [0.4, 0.5) is 0 Å². The van der Waals surface area contributed by atoms with Crippen LogP contribution < -0.4 is 75.7 Å². The average Bonchev–Trinajstić information content (AvgIpc) is 3.31. The van der Waals surface area contributed by atoms with E-state index in [1.165, 1.54) is 6.92 Å². The number of primary amides is 2. The number of carbonyl (C=O) groups excluding carboxylic acids is 13. The molecule has 0 aromatic carbocycles. The second kappa shape index (κ2) is 32.9. The number of carboxylic acids is 1. The summed E-state index contributed by atoms with van der Waals surface area (Å²) >= 11 is 0. The molecule has 24 N–H and O–H groups in total. The van der Waals surface area contributed by atoms with Crippen molar-refractivity contribution in [1.29, 1.82) is 0 Å². The number of hydrogen-bond acceptors (Lipinski definition) is 21. The first-order chi connectivity index (χ1) is 33.3. The second-order valence-corrected chi connectivity index (χ2v) is 14.7. The van der Waals surface area contributed by atoms with E-state index in [2.05, 4.69) is 16.0 Å². The quantitative estimate of drug-likeness (QED) is 0.0285. The highest BCUT2D eigenvalue weighted by Crippen LogP contribution is 1.99. The minimum atomic E-state index is -1.92. The molecule has 0 saturated carbocycles. The Hall–Kier alpha value is -7.70. The largest absolute Gasteiger partial charge is 0.480 e. The number of hydrogen-bond donors (Lipinski definition) is 21. The monoisotopic (exact) mass is 1020 g/mol. The van der Waals surface area contributed by atoms with Gasteiger partial charge in [0.1, 0.15) is 48.3 Å². The van der Waals surface area contributed by atoms with Gasteiger partial charge < -0.3 is 111 Å². The summed E-state index contributed by atoms with van der Waals surface area (Å²) in [4.78, 5) is 171. The Bertz CT molecular complexity index is 1940. The fourth-order valence-electron chi connectivity index (χ4n) is 5.14. The van der Waals surface area contributed by atoms with Crippen LogP contribution in [-0.2, 0) is 67.1 Å². The van der Waals surface area contributed by atoms with Gasteiger partial charge in [0.15, 0.2) is 0 Å². The topological polar surface area (TPSA) is 591 Å². The van der Waals surface area contributed by atoms with E-state index in [0.29, 0.717) is 0 Å². The fourth-order valence-corrected chi connectivity index (χ4v) is 5.14. The van der Waals surface area contributed by atoms with Gasteiger partial charge >= 0.3 is 5.97 Å². The van der Waals surface area contributed by atoms with Crippen molar-refractivity contribution in [1.82, 2.24) is 58.5 Å². The molecule has 0 aromatic heterocycles. The minimum Gasteiger partial charge on any atom is -0.480 e. The van der Waals surface area contributed by atoms with Crippen molar-refractivity contribution in [3.63, 3.8) is 0 Å². The molecule has 0 heterocycles. The van der Waals surface area contributed by atoms with Crippen molar-refractivity contribution >= 4 is 82.8 Å². The Kier molecular flexibility index (Phi) is 29.4. The first kappa shape index (κ1) is 63.3. The van der Waals surface area contributed by atoms with E-state index in [4.69, 9.17) is 22.3 Å². The highest BCUT2D eigenvalue weighted by molar-refractivity contribution is 5.98. The lowest BCUT2D eigenvalue weighted by atomic mass is 10.1. The van der Waals surface area contributed by atoms with Gasteiger partial charge in [0.25, 0.3) is 0 Å². The Morgan fingerprint density at radius 1 is 0.394 bits per heavy atom. The van der Waals surface area contributed by atoms with Crippen LogP contribution in [0.2, 0.25) is 0 Å². The summed E-state index contributed by atoms with van der Waals surface area (Å²) < 4.78 is 0. The van der Waals surface area contributed by atoms with Gasteiger partial charge in [-0.2, -0.15) is 0 Å². The van der Waals surface area contributed by atoms with Crippen molar-refractivity contribution in [2.45, 2.75) is 80.6 Å². The van der Waals surface area contributed by atoms with Crippen LogP contribution in [0.15, 0.2) is 0 Å². The fraction of sp³-hybridized carbons (Fsp3) is 0.611. The van der Waals surface area contributed by atoms with Crippen molar-refractivity contribution in [3.8, 4) is 0 Å². The lowest BCUT2D eigenvalue weighted by molar-refractivity contribution is -0.142. The number of carboxylic acid groups (broad SMARTS) is 1. The molecular weight excluding hydrogens is 964 g/mol. The predicted molar refractivity (Wildman–Crippen MR) is 231 cm³/mol. The maximum absolute atomic E-state index is 12.8. The van der Waals surface area contributed by atoms with Crippen molar-refractivity contribution in [3.05, 3.63) is 0 Å². The van der Waals surface area contributed by atoms with Crippen molar-refractivity contribution in [2.24, 2.45) is 17.2 Å². The Balaban J connectivity index is 5.17. The van der Waals surface area contributed by atoms with Gasteiger partial charge in [-0.3, -0.25) is 62.3 Å². The van der Waals surface area contributed by atoms with Crippen LogP contribution in [0.5, 0.6) is 0 Å². The summed E-state index contributed by atoms with van der Waals surface area (Å²) in [5, 5.41) is 89.4. The van der Waals surface area contributed by atoms with Crippen LogP contribution in [0.1, 0.15) is 26.2 Å². The highest BCUT2D eigenvalue weighted by Gasteiger charge is 2.33. The molecule has 0 bridgehead atoms. The second-order valence-electron chi connectivity index (χ2n) is 14.7. The van der Waals surface area contributed by atoms with E-state index < -0.39 is 203 Å². The number of aliphatic hydroxyl groups excluding tert-OH is 6. The molecule has 0 aliphatic rings. The van der Waals surface area contributed by atoms with E-state index in [0.717, 1.165) is 0 Å². The Morgan fingerprint density at radius 2 is 0.690 bits per heavy atom. The summed E-state index contributed by atoms with van der Waals surface area (Å²) in [5.74, 6) is -16.0. The first-order valence-corrected chi connectivity index (χ1v) is 20.7. The van der Waals surface area contributed by atoms with Crippen LogP contribution >= 0.6 is 0 Å². The number of nitrogens with one attached hydrogen (secondary N) is 11. The van der Waals surface area contributed by atoms with Gasteiger partial charge in [-0.05, 0) is 13.3 Å². The van der Waals surface area contributed by atoms with Crippen molar-refractivity contribution in [2.75, 3.05) is 59.3 Å². The smallest absolute Gasteiger partial charge is 0.326 e. The van der Waals surface area contributed by atoms with Crippen LogP contribution in [-0.4, -0.2) is 232 Å². The first-order valence-electron chi connectivity index (χ1n) is 20.7. The molecule has 0 spiro atoms. The Labute approximate surface area is 400 Å². The van der Waals surface area contributed by atoms with Gasteiger partial charge in [0.05, 0.1) is 71.7 Å². The molecule has 9 atom stereocenters. The number of rotatable bonds is 34. The maximum atomic E-state index is 12.8. The SMILES string of the molecule is C[C@H](NC(=O)CNC(=O)[C@H](CO)NC(=O)[C@H](CO)NC(=O)CNC(=O)[C@H](CO)NC(=O)[C@H](CO)NC(=O)[C@H](CO)NC(=O)[C@H](CO)NC(=O)[C@@H](N)CC(N)=O)C(=O)NCC(=O)N[C@@H](CCC(N)=O)C(=O)O. The molecule has 71 heavy (non-hydrogen) atoms. The van der Waals surface area contributed by atoms with E-state index in [-0.39, 0.29) is 12.8 Å². The third-order valence-electron chi connectivity index (χ3n) is 9.02. The predicted octanol–water partition coefficient (Wildman–Crippen LogP) is -15.3. The lowest BCUT2D eigenvalue weighted by Crippen LogP contribution is -2.61. The van der Waals surface area contributed by atoms with E-state index >= 15 is 0 Å². The van der Waals surface area contributed by atoms with Crippen molar-refractivity contribution < 1.29 is 103 Å². The summed E-state index contributed by atoms with van der Waals surface area (Å²) in [5.41, 5.74) is 15.4. The number of aliphatic hydroxyl groups is 6.